The van der Waals surface area contributed by atoms with Gasteiger partial charge in [0.2, 0.25) is 0 Å². The quantitative estimate of drug-likeness (QED) is 0.603. The minimum atomic E-state index is -0.308. The van der Waals surface area contributed by atoms with Crippen LogP contribution in [0.4, 0.5) is 0 Å². The van der Waals surface area contributed by atoms with Crippen LogP contribution in [0, 0.1) is 5.92 Å². The largest absolute Gasteiger partial charge is 0.386 e. The number of aliphatic hydroxyl groups excluding tert-OH is 1. The van der Waals surface area contributed by atoms with Crippen LogP contribution in [0.5, 0.6) is 0 Å². The lowest BCUT2D eigenvalue weighted by Crippen LogP contribution is -3.15. The third-order valence-corrected chi connectivity index (χ3v) is 7.49. The highest BCUT2D eigenvalue weighted by atomic mass is 32.2. The van der Waals surface area contributed by atoms with Crippen LogP contribution in [0.3, 0.4) is 0 Å². The number of aliphatic hydroxyl groups is 1. The van der Waals surface area contributed by atoms with Crippen molar-refractivity contribution in [3.63, 3.8) is 0 Å². The number of hydrogen-bond acceptors (Lipinski definition) is 6. The number of aromatic nitrogens is 2. The van der Waals surface area contributed by atoms with Crippen molar-refractivity contribution < 1.29 is 14.7 Å². The molecule has 2 aliphatic rings. The van der Waals surface area contributed by atoms with Crippen molar-refractivity contribution in [1.29, 1.82) is 0 Å². The van der Waals surface area contributed by atoms with E-state index in [1.807, 2.05) is 11.3 Å². The maximum absolute atomic E-state index is 10.4. The van der Waals surface area contributed by atoms with Crippen molar-refractivity contribution in [3.05, 3.63) is 16.8 Å². The molecule has 0 spiro atoms. The first-order chi connectivity index (χ1) is 12.2. The number of morpholine rings is 1. The molecule has 4 rings (SSSR count). The second-order valence-corrected chi connectivity index (χ2v) is 9.33. The molecule has 0 unspecified atom stereocenters. The molecular weight excluding hydrogens is 354 g/mol. The molecule has 1 saturated heterocycles. The monoisotopic (exact) mass is 380 g/mol. The Morgan fingerprint density at radius 3 is 3.08 bits per heavy atom. The SMILES string of the molecule is C[C@H]1CCc2c(sc3ncnc(SC[C@@H](O)C[NH+]4CCOCC4)c23)C1. The fraction of sp³-hybridized carbons (Fsp3) is 0.667. The third kappa shape index (κ3) is 4.01. The first kappa shape index (κ1) is 17.7. The fourth-order valence-electron chi connectivity index (χ4n) is 3.79. The summed E-state index contributed by atoms with van der Waals surface area (Å²) in [4.78, 5) is 13.1. The molecule has 1 aliphatic carbocycles. The average molecular weight is 381 g/mol. The Labute approximate surface area is 156 Å². The first-order valence-electron chi connectivity index (χ1n) is 9.18. The zero-order chi connectivity index (χ0) is 17.2. The van der Waals surface area contributed by atoms with Crippen molar-refractivity contribution in [1.82, 2.24) is 9.97 Å². The van der Waals surface area contributed by atoms with Crippen LogP contribution in [0.15, 0.2) is 11.4 Å². The number of nitrogens with zero attached hydrogens (tertiary/aromatic N) is 2. The summed E-state index contributed by atoms with van der Waals surface area (Å²) < 4.78 is 5.39. The van der Waals surface area contributed by atoms with E-state index in [0.29, 0.717) is 5.75 Å². The minimum Gasteiger partial charge on any atom is -0.386 e. The number of rotatable bonds is 5. The molecule has 2 atom stereocenters. The predicted octanol–water partition coefficient (Wildman–Crippen LogP) is 1.18. The minimum absolute atomic E-state index is 0.308. The van der Waals surface area contributed by atoms with Gasteiger partial charge in [0.25, 0.3) is 0 Å². The highest BCUT2D eigenvalue weighted by molar-refractivity contribution is 7.99. The van der Waals surface area contributed by atoms with E-state index in [0.717, 1.165) is 55.0 Å². The summed E-state index contributed by atoms with van der Waals surface area (Å²) in [5.41, 5.74) is 1.47. The highest BCUT2D eigenvalue weighted by Gasteiger charge is 2.24. The molecule has 1 fully saturated rings. The number of nitrogens with one attached hydrogen (secondary N) is 1. The van der Waals surface area contributed by atoms with E-state index in [1.54, 1.807) is 18.1 Å². The van der Waals surface area contributed by atoms with Crippen LogP contribution in [-0.2, 0) is 17.6 Å². The second kappa shape index (κ2) is 7.88. The lowest BCUT2D eigenvalue weighted by Gasteiger charge is -2.25. The number of hydrogen-bond donors (Lipinski definition) is 2. The van der Waals surface area contributed by atoms with Gasteiger partial charge in [0.15, 0.2) is 0 Å². The van der Waals surface area contributed by atoms with Crippen LogP contribution < -0.4 is 4.90 Å². The Morgan fingerprint density at radius 2 is 2.24 bits per heavy atom. The number of thioether (sulfide) groups is 1. The standard InChI is InChI=1S/C18H25N3O2S2/c1-12-2-3-14-15(8-12)25-18-16(14)17(19-11-20-18)24-10-13(22)9-21-4-6-23-7-5-21/h11-13,22H,2-10H2,1H3/p+1/t12-,13-/m0/s1. The average Bonchev–Trinajstić information content (AvgIpc) is 2.98. The molecular formula is C18H26N3O2S2+. The zero-order valence-electron chi connectivity index (χ0n) is 14.7. The van der Waals surface area contributed by atoms with E-state index < -0.39 is 0 Å². The van der Waals surface area contributed by atoms with Crippen molar-refractivity contribution in [3.8, 4) is 0 Å². The number of thiophene rings is 1. The molecule has 0 bridgehead atoms. The van der Waals surface area contributed by atoms with Gasteiger partial charge in [-0.25, -0.2) is 9.97 Å². The summed E-state index contributed by atoms with van der Waals surface area (Å²) in [5, 5.41) is 12.7. The lowest BCUT2D eigenvalue weighted by molar-refractivity contribution is -0.910. The topological polar surface area (TPSA) is 59.7 Å². The third-order valence-electron chi connectivity index (χ3n) is 5.19. The molecule has 3 heterocycles. The summed E-state index contributed by atoms with van der Waals surface area (Å²) in [6.07, 6.45) is 4.93. The molecule has 7 heteroatoms. The molecule has 5 nitrogen and oxygen atoms in total. The number of fused-ring (bicyclic) bond motifs is 3. The maximum Gasteiger partial charge on any atom is 0.128 e. The highest BCUT2D eigenvalue weighted by Crippen LogP contribution is 2.40. The first-order valence-corrected chi connectivity index (χ1v) is 11.0. The van der Waals surface area contributed by atoms with Gasteiger partial charge in [-0.2, -0.15) is 0 Å². The summed E-state index contributed by atoms with van der Waals surface area (Å²) in [7, 11) is 0. The molecule has 25 heavy (non-hydrogen) atoms. The van der Waals surface area contributed by atoms with Gasteiger partial charge in [-0.05, 0) is 30.7 Å². The van der Waals surface area contributed by atoms with Gasteiger partial charge in [-0.3, -0.25) is 0 Å². The maximum atomic E-state index is 10.4. The summed E-state index contributed by atoms with van der Waals surface area (Å²) in [5.74, 6) is 1.46. The fourth-order valence-corrected chi connectivity index (χ4v) is 6.16. The summed E-state index contributed by atoms with van der Waals surface area (Å²) >= 11 is 3.52. The van der Waals surface area contributed by atoms with Gasteiger partial charge in [0, 0.05) is 16.0 Å². The molecule has 136 valence electrons. The van der Waals surface area contributed by atoms with Gasteiger partial charge in [-0.1, -0.05) is 6.92 Å². The second-order valence-electron chi connectivity index (χ2n) is 7.24. The Hall–Kier alpha value is -0.730. The van der Waals surface area contributed by atoms with E-state index in [9.17, 15) is 5.11 Å². The van der Waals surface area contributed by atoms with Crippen LogP contribution in [0.1, 0.15) is 23.8 Å². The summed E-state index contributed by atoms with van der Waals surface area (Å²) in [6, 6.07) is 0. The Morgan fingerprint density at radius 1 is 1.40 bits per heavy atom. The molecule has 0 saturated carbocycles. The molecule has 2 aromatic rings. The van der Waals surface area contributed by atoms with Crippen molar-refractivity contribution >= 4 is 33.3 Å². The van der Waals surface area contributed by atoms with E-state index in [4.69, 9.17) is 4.74 Å². The van der Waals surface area contributed by atoms with E-state index in [-0.39, 0.29) is 6.10 Å². The van der Waals surface area contributed by atoms with Crippen LogP contribution in [-0.4, -0.2) is 59.8 Å². The van der Waals surface area contributed by atoms with E-state index >= 15 is 0 Å². The number of ether oxygens (including phenoxy) is 1. The predicted molar refractivity (Wildman–Crippen MR) is 102 cm³/mol. The zero-order valence-corrected chi connectivity index (χ0v) is 16.3. The smallest absolute Gasteiger partial charge is 0.128 e. The Bertz CT molecular complexity index is 730. The van der Waals surface area contributed by atoms with Gasteiger partial charge in [0.1, 0.15) is 41.9 Å². The van der Waals surface area contributed by atoms with Gasteiger partial charge in [0.05, 0.1) is 13.2 Å². The normalized spacial score (nSPS) is 22.9. The molecule has 2 N–H and O–H groups in total. The molecule has 2 aromatic heterocycles. The molecule has 0 radical (unpaired) electrons. The van der Waals surface area contributed by atoms with Crippen molar-refractivity contribution in [2.45, 2.75) is 37.3 Å². The van der Waals surface area contributed by atoms with E-state index in [2.05, 4.69) is 16.9 Å². The van der Waals surface area contributed by atoms with Crippen molar-refractivity contribution in [2.24, 2.45) is 5.92 Å². The van der Waals surface area contributed by atoms with E-state index in [1.165, 1.54) is 33.6 Å². The Balaban J connectivity index is 1.46. The molecule has 0 aromatic carbocycles. The summed E-state index contributed by atoms with van der Waals surface area (Å²) in [6.45, 7) is 6.73. The number of aryl methyl sites for hydroxylation is 1. The van der Waals surface area contributed by atoms with Crippen LogP contribution in [0.2, 0.25) is 0 Å². The van der Waals surface area contributed by atoms with Gasteiger partial charge < -0.3 is 14.7 Å². The molecule has 0 amide bonds. The Kier molecular flexibility index (Phi) is 5.57. The van der Waals surface area contributed by atoms with Gasteiger partial charge in [-0.15, -0.1) is 23.1 Å². The van der Waals surface area contributed by atoms with Crippen molar-refractivity contribution in [2.75, 3.05) is 38.6 Å². The van der Waals surface area contributed by atoms with Crippen LogP contribution >= 0.6 is 23.1 Å². The van der Waals surface area contributed by atoms with Crippen LogP contribution in [0.25, 0.3) is 10.2 Å². The molecule has 1 aliphatic heterocycles. The number of quaternary nitrogens is 1. The van der Waals surface area contributed by atoms with Gasteiger partial charge >= 0.3 is 0 Å². The lowest BCUT2D eigenvalue weighted by atomic mass is 9.89.